The average Bonchev–Trinajstić information content (AvgIpc) is 2.26. The van der Waals surface area contributed by atoms with Gasteiger partial charge in [-0.2, -0.15) is 0 Å². The molecular weight excluding hydrogens is 194 g/mol. The highest BCUT2D eigenvalue weighted by atomic mass is 35.5. The molecule has 84 valence electrons. The van der Waals surface area contributed by atoms with Crippen molar-refractivity contribution < 1.29 is 0 Å². The number of nitrogens with one attached hydrogen (secondary N) is 1. The molecule has 14 heavy (non-hydrogen) atoms. The highest BCUT2D eigenvalue weighted by molar-refractivity contribution is 6.18. The SMILES string of the molecule is CCCCCNC1(CCl)CCCCC1. The maximum absolute atomic E-state index is 6.09. The molecule has 1 N–H and O–H groups in total. The molecule has 1 aliphatic rings. The molecule has 0 radical (unpaired) electrons. The van der Waals surface area contributed by atoms with Crippen molar-refractivity contribution in [2.75, 3.05) is 12.4 Å². The van der Waals surface area contributed by atoms with Crippen molar-refractivity contribution in [3.8, 4) is 0 Å². The summed E-state index contributed by atoms with van der Waals surface area (Å²) in [6.45, 7) is 3.40. The second-order valence-corrected chi connectivity index (χ2v) is 4.88. The first kappa shape index (κ1) is 12.3. The fraction of sp³-hybridized carbons (Fsp3) is 1.00. The summed E-state index contributed by atoms with van der Waals surface area (Å²) in [5.74, 6) is 0.791. The van der Waals surface area contributed by atoms with E-state index in [4.69, 9.17) is 11.6 Å². The standard InChI is InChI=1S/C12H24ClN/c1-2-3-7-10-14-12(11-13)8-5-4-6-9-12/h14H,2-11H2,1H3. The molecule has 0 bridgehead atoms. The summed E-state index contributed by atoms with van der Waals surface area (Å²) in [6, 6.07) is 0. The molecule has 1 aliphatic carbocycles. The van der Waals surface area contributed by atoms with Crippen LogP contribution < -0.4 is 5.32 Å². The van der Waals surface area contributed by atoms with Crippen LogP contribution in [0.2, 0.25) is 0 Å². The van der Waals surface area contributed by atoms with Gasteiger partial charge in [0.15, 0.2) is 0 Å². The van der Waals surface area contributed by atoms with Gasteiger partial charge in [-0.3, -0.25) is 0 Å². The molecule has 0 unspecified atom stereocenters. The molecule has 0 aromatic rings. The minimum Gasteiger partial charge on any atom is -0.310 e. The van der Waals surface area contributed by atoms with Crippen LogP contribution in [0.25, 0.3) is 0 Å². The average molecular weight is 218 g/mol. The van der Waals surface area contributed by atoms with Gasteiger partial charge in [0, 0.05) is 11.4 Å². The number of hydrogen-bond acceptors (Lipinski definition) is 1. The lowest BCUT2D eigenvalue weighted by Gasteiger charge is -2.36. The Hall–Kier alpha value is 0.250. The van der Waals surface area contributed by atoms with Crippen LogP contribution >= 0.6 is 11.6 Å². The summed E-state index contributed by atoms with van der Waals surface area (Å²) in [5.41, 5.74) is 0.285. The molecule has 0 amide bonds. The lowest BCUT2D eigenvalue weighted by Crippen LogP contribution is -2.48. The number of rotatable bonds is 6. The van der Waals surface area contributed by atoms with Crippen LogP contribution in [0.3, 0.4) is 0 Å². The Bertz CT molecular complexity index is 141. The van der Waals surface area contributed by atoms with Gasteiger partial charge < -0.3 is 5.32 Å². The first-order valence-electron chi connectivity index (χ1n) is 6.14. The number of alkyl halides is 1. The number of halogens is 1. The molecule has 0 heterocycles. The molecule has 1 nitrogen and oxygen atoms in total. The van der Waals surface area contributed by atoms with Gasteiger partial charge in [0.05, 0.1) is 0 Å². The highest BCUT2D eigenvalue weighted by Crippen LogP contribution is 2.29. The summed E-state index contributed by atoms with van der Waals surface area (Å²) in [7, 11) is 0. The first-order chi connectivity index (χ1) is 6.83. The number of unbranched alkanes of at least 4 members (excludes halogenated alkanes) is 2. The third-order valence-corrected chi connectivity index (χ3v) is 3.86. The Morgan fingerprint density at radius 2 is 1.86 bits per heavy atom. The Kier molecular flexibility index (Phi) is 5.88. The van der Waals surface area contributed by atoms with E-state index in [1.807, 2.05) is 0 Å². The fourth-order valence-electron chi connectivity index (χ4n) is 2.31. The molecule has 0 aliphatic heterocycles. The normalized spacial score (nSPS) is 21.0. The molecule has 0 aromatic carbocycles. The quantitative estimate of drug-likeness (QED) is 0.529. The van der Waals surface area contributed by atoms with E-state index in [1.54, 1.807) is 0 Å². The van der Waals surface area contributed by atoms with Crippen molar-refractivity contribution in [3.63, 3.8) is 0 Å². The van der Waals surface area contributed by atoms with Crippen molar-refractivity contribution in [1.29, 1.82) is 0 Å². The first-order valence-corrected chi connectivity index (χ1v) is 6.67. The van der Waals surface area contributed by atoms with Gasteiger partial charge >= 0.3 is 0 Å². The van der Waals surface area contributed by atoms with Crippen LogP contribution in [-0.4, -0.2) is 18.0 Å². The van der Waals surface area contributed by atoms with Crippen LogP contribution in [0.15, 0.2) is 0 Å². The maximum atomic E-state index is 6.09. The van der Waals surface area contributed by atoms with Crippen LogP contribution in [0, 0.1) is 0 Å². The Morgan fingerprint density at radius 3 is 2.43 bits per heavy atom. The minimum atomic E-state index is 0.285. The van der Waals surface area contributed by atoms with E-state index >= 15 is 0 Å². The summed E-state index contributed by atoms with van der Waals surface area (Å²) < 4.78 is 0. The lowest BCUT2D eigenvalue weighted by atomic mass is 9.83. The summed E-state index contributed by atoms with van der Waals surface area (Å²) in [5, 5.41) is 3.69. The van der Waals surface area contributed by atoms with Crippen LogP contribution in [0.4, 0.5) is 0 Å². The Labute approximate surface area is 93.6 Å². The molecule has 0 atom stereocenters. The molecule has 1 saturated carbocycles. The highest BCUT2D eigenvalue weighted by Gasteiger charge is 2.29. The van der Waals surface area contributed by atoms with Crippen LogP contribution in [0.5, 0.6) is 0 Å². The predicted molar refractivity (Wildman–Crippen MR) is 64.1 cm³/mol. The molecule has 2 heteroatoms. The van der Waals surface area contributed by atoms with E-state index in [0.29, 0.717) is 0 Å². The lowest BCUT2D eigenvalue weighted by molar-refractivity contribution is 0.257. The third-order valence-electron chi connectivity index (χ3n) is 3.35. The van der Waals surface area contributed by atoms with Crippen molar-refractivity contribution in [2.24, 2.45) is 0 Å². The summed E-state index contributed by atoms with van der Waals surface area (Å²) in [6.07, 6.45) is 10.6. The van der Waals surface area contributed by atoms with Crippen LogP contribution in [0.1, 0.15) is 58.3 Å². The Morgan fingerprint density at radius 1 is 1.14 bits per heavy atom. The smallest absolute Gasteiger partial charge is 0.0406 e. The van der Waals surface area contributed by atoms with E-state index < -0.39 is 0 Å². The van der Waals surface area contributed by atoms with E-state index in [2.05, 4.69) is 12.2 Å². The third kappa shape index (κ3) is 3.78. The molecule has 0 spiro atoms. The van der Waals surface area contributed by atoms with Gasteiger partial charge in [-0.05, 0) is 25.8 Å². The molecule has 1 fully saturated rings. The van der Waals surface area contributed by atoms with Gasteiger partial charge in [-0.25, -0.2) is 0 Å². The largest absolute Gasteiger partial charge is 0.310 e. The van der Waals surface area contributed by atoms with E-state index in [1.165, 1.54) is 51.4 Å². The fourth-order valence-corrected chi connectivity index (χ4v) is 2.68. The summed E-state index contributed by atoms with van der Waals surface area (Å²) >= 11 is 6.09. The molecule has 0 aromatic heterocycles. The second kappa shape index (κ2) is 6.68. The zero-order chi connectivity index (χ0) is 10.3. The molecular formula is C12H24ClN. The maximum Gasteiger partial charge on any atom is 0.0406 e. The van der Waals surface area contributed by atoms with Crippen molar-refractivity contribution in [3.05, 3.63) is 0 Å². The monoisotopic (exact) mass is 217 g/mol. The van der Waals surface area contributed by atoms with Crippen LogP contribution in [-0.2, 0) is 0 Å². The van der Waals surface area contributed by atoms with Gasteiger partial charge in [0.2, 0.25) is 0 Å². The number of hydrogen-bond donors (Lipinski definition) is 1. The minimum absolute atomic E-state index is 0.285. The molecule has 0 saturated heterocycles. The van der Waals surface area contributed by atoms with Gasteiger partial charge in [-0.1, -0.05) is 39.0 Å². The van der Waals surface area contributed by atoms with E-state index in [9.17, 15) is 0 Å². The topological polar surface area (TPSA) is 12.0 Å². The van der Waals surface area contributed by atoms with Crippen molar-refractivity contribution in [1.82, 2.24) is 5.32 Å². The van der Waals surface area contributed by atoms with Crippen molar-refractivity contribution >= 4 is 11.6 Å². The van der Waals surface area contributed by atoms with E-state index in [-0.39, 0.29) is 5.54 Å². The van der Waals surface area contributed by atoms with Gasteiger partial charge in [0.25, 0.3) is 0 Å². The van der Waals surface area contributed by atoms with E-state index in [0.717, 1.165) is 12.4 Å². The summed E-state index contributed by atoms with van der Waals surface area (Å²) in [4.78, 5) is 0. The zero-order valence-corrected chi connectivity index (χ0v) is 10.2. The predicted octanol–water partition coefficient (Wildman–Crippen LogP) is 3.71. The molecule has 1 rings (SSSR count). The zero-order valence-electron chi connectivity index (χ0n) is 9.45. The second-order valence-electron chi connectivity index (χ2n) is 4.61. The van der Waals surface area contributed by atoms with Gasteiger partial charge in [-0.15, -0.1) is 11.6 Å². The van der Waals surface area contributed by atoms with Crippen molar-refractivity contribution in [2.45, 2.75) is 63.8 Å². The Balaban J connectivity index is 2.22. The van der Waals surface area contributed by atoms with Gasteiger partial charge in [0.1, 0.15) is 0 Å².